The molecule has 1 aromatic carbocycles. The van der Waals surface area contributed by atoms with Gasteiger partial charge < -0.3 is 19.5 Å². The van der Waals surface area contributed by atoms with Gasteiger partial charge in [0, 0.05) is 35.6 Å². The molecule has 8 nitrogen and oxygen atoms in total. The molecule has 0 saturated carbocycles. The summed E-state index contributed by atoms with van der Waals surface area (Å²) in [5, 5.41) is 3.24. The first-order valence-electron chi connectivity index (χ1n) is 11.6. The molecular formula is C26H31NO7S. The molecule has 0 fully saturated rings. The van der Waals surface area contributed by atoms with Gasteiger partial charge in [-0.15, -0.1) is 0 Å². The summed E-state index contributed by atoms with van der Waals surface area (Å²) < 4.78 is 15.6. The van der Waals surface area contributed by atoms with E-state index < -0.39 is 29.7 Å². The second kappa shape index (κ2) is 11.6. The topological polar surface area (TPSA) is 108 Å². The molecule has 9 heteroatoms. The Bertz CT molecular complexity index is 1070. The third kappa shape index (κ3) is 5.78. The fourth-order valence-electron chi connectivity index (χ4n) is 4.59. The average molecular weight is 502 g/mol. The Balaban J connectivity index is 2.06. The normalized spacial score (nSPS) is 21.7. The van der Waals surface area contributed by atoms with Crippen molar-refractivity contribution in [3.63, 3.8) is 0 Å². The van der Waals surface area contributed by atoms with Crippen LogP contribution in [-0.2, 0) is 28.7 Å². The predicted molar refractivity (Wildman–Crippen MR) is 132 cm³/mol. The Kier molecular flexibility index (Phi) is 8.77. The van der Waals surface area contributed by atoms with Crippen molar-refractivity contribution in [1.82, 2.24) is 5.32 Å². The van der Waals surface area contributed by atoms with Gasteiger partial charge in [-0.2, -0.15) is 11.8 Å². The maximum absolute atomic E-state index is 13.7. The number of esters is 3. The minimum atomic E-state index is -0.958. The van der Waals surface area contributed by atoms with E-state index in [2.05, 4.69) is 5.32 Å². The lowest BCUT2D eigenvalue weighted by Gasteiger charge is -2.38. The zero-order chi connectivity index (χ0) is 25.7. The number of Topliss-reactive ketones (excluding diaryl/α,β-unsaturated/α-hetero) is 1. The monoisotopic (exact) mass is 501 g/mol. The molecule has 188 valence electrons. The Hall–Kier alpha value is -3.07. The standard InChI is InChI=1S/C26H31NO7S/c1-6-35-12-11-33-26(31)21-15(3)27-19-13-14(2)20(25(30)32-5)24(29)23(19)22(21)17-7-9-18(10-8-17)34-16(4)28/h7-10,14,20,22,27H,6,11-13H2,1-5H3/t14-,20-,22+/m0/s1. The molecular weight excluding hydrogens is 470 g/mol. The van der Waals surface area contributed by atoms with Crippen molar-refractivity contribution in [1.29, 1.82) is 0 Å². The summed E-state index contributed by atoms with van der Waals surface area (Å²) >= 11 is 1.66. The maximum Gasteiger partial charge on any atom is 0.336 e. The van der Waals surface area contributed by atoms with Crippen LogP contribution in [0.25, 0.3) is 0 Å². The van der Waals surface area contributed by atoms with E-state index in [1.807, 2.05) is 13.8 Å². The van der Waals surface area contributed by atoms with E-state index in [-0.39, 0.29) is 18.3 Å². The van der Waals surface area contributed by atoms with Crippen molar-refractivity contribution < 1.29 is 33.4 Å². The number of nitrogens with one attached hydrogen (secondary N) is 1. The number of allylic oxidation sites excluding steroid dienone is 3. The first kappa shape index (κ1) is 26.5. The van der Waals surface area contributed by atoms with E-state index in [1.54, 1.807) is 43.0 Å². The molecule has 35 heavy (non-hydrogen) atoms. The lowest BCUT2D eigenvalue weighted by atomic mass is 9.69. The molecule has 1 aliphatic carbocycles. The van der Waals surface area contributed by atoms with Crippen molar-refractivity contribution in [3.05, 3.63) is 52.4 Å². The number of dihydropyridines is 1. The van der Waals surface area contributed by atoms with Crippen LogP contribution in [0, 0.1) is 11.8 Å². The van der Waals surface area contributed by atoms with Crippen LogP contribution in [0.1, 0.15) is 45.6 Å². The van der Waals surface area contributed by atoms with Crippen LogP contribution in [0.2, 0.25) is 0 Å². The number of hydrogen-bond donors (Lipinski definition) is 1. The molecule has 0 spiro atoms. The van der Waals surface area contributed by atoms with Gasteiger partial charge in [0.05, 0.1) is 12.7 Å². The molecule has 0 saturated heterocycles. The molecule has 3 rings (SSSR count). The molecule has 0 unspecified atom stereocenters. The van der Waals surface area contributed by atoms with Gasteiger partial charge in [0.2, 0.25) is 0 Å². The summed E-state index contributed by atoms with van der Waals surface area (Å²) in [4.78, 5) is 50.8. The van der Waals surface area contributed by atoms with Gasteiger partial charge in [0.15, 0.2) is 5.78 Å². The summed E-state index contributed by atoms with van der Waals surface area (Å²) in [6.07, 6.45) is 0.454. The molecule has 0 amide bonds. The van der Waals surface area contributed by atoms with Crippen molar-refractivity contribution >= 4 is 35.5 Å². The van der Waals surface area contributed by atoms with Gasteiger partial charge in [0.25, 0.3) is 0 Å². The number of rotatable bonds is 8. The highest BCUT2D eigenvalue weighted by Gasteiger charge is 2.47. The minimum Gasteiger partial charge on any atom is -0.468 e. The van der Waals surface area contributed by atoms with E-state index in [0.29, 0.717) is 46.0 Å². The quantitative estimate of drug-likeness (QED) is 0.248. The molecule has 0 radical (unpaired) electrons. The predicted octanol–water partition coefficient (Wildman–Crippen LogP) is 3.52. The van der Waals surface area contributed by atoms with Crippen LogP contribution >= 0.6 is 11.8 Å². The zero-order valence-corrected chi connectivity index (χ0v) is 21.5. The van der Waals surface area contributed by atoms with Gasteiger partial charge in [-0.25, -0.2) is 4.79 Å². The Labute approximate surface area is 209 Å². The van der Waals surface area contributed by atoms with Gasteiger partial charge in [-0.1, -0.05) is 26.0 Å². The first-order valence-corrected chi connectivity index (χ1v) is 12.7. The van der Waals surface area contributed by atoms with E-state index in [1.165, 1.54) is 14.0 Å². The average Bonchev–Trinajstić information content (AvgIpc) is 2.80. The van der Waals surface area contributed by atoms with E-state index >= 15 is 0 Å². The Morgan fingerprint density at radius 1 is 1.17 bits per heavy atom. The first-order chi connectivity index (χ1) is 16.7. The lowest BCUT2D eigenvalue weighted by molar-refractivity contribution is -0.151. The van der Waals surface area contributed by atoms with E-state index in [9.17, 15) is 19.2 Å². The molecule has 0 bridgehead atoms. The van der Waals surface area contributed by atoms with Gasteiger partial charge >= 0.3 is 17.9 Å². The fraction of sp³-hybridized carbons (Fsp3) is 0.462. The Morgan fingerprint density at radius 3 is 2.46 bits per heavy atom. The largest absolute Gasteiger partial charge is 0.468 e. The molecule has 1 N–H and O–H groups in total. The number of carbonyl (C=O) groups excluding carboxylic acids is 4. The second-order valence-corrected chi connectivity index (χ2v) is 9.92. The number of ketones is 1. The van der Waals surface area contributed by atoms with Crippen molar-refractivity contribution in [2.75, 3.05) is 25.2 Å². The zero-order valence-electron chi connectivity index (χ0n) is 20.6. The van der Waals surface area contributed by atoms with Gasteiger partial charge in [-0.3, -0.25) is 14.4 Å². The van der Waals surface area contributed by atoms with Gasteiger partial charge in [0.1, 0.15) is 18.3 Å². The second-order valence-electron chi connectivity index (χ2n) is 8.53. The number of thioether (sulfide) groups is 1. The number of hydrogen-bond acceptors (Lipinski definition) is 9. The Morgan fingerprint density at radius 2 is 1.86 bits per heavy atom. The molecule has 1 heterocycles. The summed E-state index contributed by atoms with van der Waals surface area (Å²) in [5.41, 5.74) is 2.61. The number of benzene rings is 1. The summed E-state index contributed by atoms with van der Waals surface area (Å²) in [6, 6.07) is 6.65. The van der Waals surface area contributed by atoms with Crippen LogP contribution in [0.3, 0.4) is 0 Å². The fourth-order valence-corrected chi connectivity index (χ4v) is 5.08. The molecule has 3 atom stereocenters. The maximum atomic E-state index is 13.7. The number of ether oxygens (including phenoxy) is 3. The summed E-state index contributed by atoms with van der Waals surface area (Å²) in [5.74, 6) is -1.97. The highest BCUT2D eigenvalue weighted by atomic mass is 32.2. The van der Waals surface area contributed by atoms with Crippen molar-refractivity contribution in [2.24, 2.45) is 11.8 Å². The molecule has 1 aromatic rings. The third-order valence-electron chi connectivity index (χ3n) is 6.10. The molecule has 1 aliphatic heterocycles. The van der Waals surface area contributed by atoms with E-state index in [4.69, 9.17) is 14.2 Å². The lowest BCUT2D eigenvalue weighted by Crippen LogP contribution is -2.43. The summed E-state index contributed by atoms with van der Waals surface area (Å²) in [7, 11) is 1.26. The third-order valence-corrected chi connectivity index (χ3v) is 6.97. The SMILES string of the molecule is CCSCCOC(=O)C1=C(C)NC2=C(C(=O)[C@@H](C(=O)OC)[C@@H](C)C2)[C@@H]1c1ccc(OC(C)=O)cc1. The van der Waals surface area contributed by atoms with Crippen LogP contribution in [0.4, 0.5) is 0 Å². The summed E-state index contributed by atoms with van der Waals surface area (Å²) in [6.45, 7) is 7.20. The number of methoxy groups -OCH3 is 1. The number of carbonyl (C=O) groups is 4. The minimum absolute atomic E-state index is 0.244. The van der Waals surface area contributed by atoms with Crippen LogP contribution < -0.4 is 10.1 Å². The van der Waals surface area contributed by atoms with Crippen LogP contribution in [-0.4, -0.2) is 48.9 Å². The van der Waals surface area contributed by atoms with Crippen molar-refractivity contribution in [2.45, 2.75) is 40.0 Å². The van der Waals surface area contributed by atoms with Crippen molar-refractivity contribution in [3.8, 4) is 5.75 Å². The highest BCUT2D eigenvalue weighted by Crippen LogP contribution is 2.45. The highest BCUT2D eigenvalue weighted by molar-refractivity contribution is 7.99. The smallest absolute Gasteiger partial charge is 0.336 e. The van der Waals surface area contributed by atoms with Crippen LogP contribution in [0.15, 0.2) is 46.8 Å². The van der Waals surface area contributed by atoms with Crippen LogP contribution in [0.5, 0.6) is 5.75 Å². The molecule has 0 aromatic heterocycles. The van der Waals surface area contributed by atoms with E-state index in [0.717, 1.165) is 5.75 Å². The molecule has 2 aliphatic rings. The van der Waals surface area contributed by atoms with Gasteiger partial charge in [-0.05, 0) is 42.7 Å².